The molecule has 0 unspecified atom stereocenters. The van der Waals surface area contributed by atoms with Crippen molar-refractivity contribution in [3.63, 3.8) is 0 Å². The molecule has 2 N–H and O–H groups in total. The van der Waals surface area contributed by atoms with E-state index in [1.807, 2.05) is 24.3 Å². The Hall–Kier alpha value is -1.71. The summed E-state index contributed by atoms with van der Waals surface area (Å²) >= 11 is 0. The quantitative estimate of drug-likeness (QED) is 0.620. The van der Waals surface area contributed by atoms with Gasteiger partial charge in [0.2, 0.25) is 5.91 Å². The van der Waals surface area contributed by atoms with Gasteiger partial charge in [0, 0.05) is 17.8 Å². The number of carbonyl (C=O) groups excluding carboxylic acids is 1. The molecule has 2 rings (SSSR count). The predicted octanol–water partition coefficient (Wildman–Crippen LogP) is 4.51. The van der Waals surface area contributed by atoms with Crippen LogP contribution in [0.4, 0.5) is 5.69 Å². The summed E-state index contributed by atoms with van der Waals surface area (Å²) in [4.78, 5) is 12.0. The zero-order valence-electron chi connectivity index (χ0n) is 15.0. The van der Waals surface area contributed by atoms with Gasteiger partial charge in [-0.25, -0.2) is 0 Å². The van der Waals surface area contributed by atoms with Crippen molar-refractivity contribution in [3.8, 4) is 5.75 Å². The Labute approximate surface area is 146 Å². The first-order chi connectivity index (χ1) is 11.8. The maximum Gasteiger partial charge on any atom is 0.239 e. The van der Waals surface area contributed by atoms with Crippen LogP contribution in [-0.4, -0.2) is 25.1 Å². The highest BCUT2D eigenvalue weighted by atomic mass is 16.5. The molecule has 1 fully saturated rings. The highest BCUT2D eigenvalue weighted by Gasteiger charge is 2.15. The second-order valence-electron chi connectivity index (χ2n) is 6.69. The van der Waals surface area contributed by atoms with Crippen LogP contribution < -0.4 is 15.4 Å². The summed E-state index contributed by atoms with van der Waals surface area (Å²) in [5, 5.41) is 6.32. The molecule has 24 heavy (non-hydrogen) atoms. The van der Waals surface area contributed by atoms with Gasteiger partial charge in [-0.2, -0.15) is 0 Å². The van der Waals surface area contributed by atoms with Crippen molar-refractivity contribution < 1.29 is 9.53 Å². The lowest BCUT2D eigenvalue weighted by Crippen LogP contribution is -2.39. The summed E-state index contributed by atoms with van der Waals surface area (Å²) in [5.74, 6) is 0.942. The van der Waals surface area contributed by atoms with Gasteiger partial charge in [0.1, 0.15) is 5.75 Å². The normalized spacial score (nSPS) is 15.0. The molecule has 134 valence electrons. The van der Waals surface area contributed by atoms with Gasteiger partial charge in [0.15, 0.2) is 0 Å². The van der Waals surface area contributed by atoms with E-state index in [0.717, 1.165) is 37.3 Å². The number of amides is 1. The first kappa shape index (κ1) is 18.6. The Morgan fingerprint density at radius 1 is 1.17 bits per heavy atom. The molecule has 1 aliphatic carbocycles. The van der Waals surface area contributed by atoms with Crippen LogP contribution in [0.2, 0.25) is 0 Å². The largest absolute Gasteiger partial charge is 0.494 e. The molecular formula is C20H32N2O2. The molecule has 1 aliphatic rings. The van der Waals surface area contributed by atoms with Gasteiger partial charge in [-0.05, 0) is 31.4 Å². The lowest BCUT2D eigenvalue weighted by Gasteiger charge is -2.22. The molecule has 0 aromatic heterocycles. The van der Waals surface area contributed by atoms with Gasteiger partial charge < -0.3 is 15.4 Å². The number of nitrogens with one attached hydrogen (secondary N) is 2. The summed E-state index contributed by atoms with van der Waals surface area (Å²) in [5.41, 5.74) is 0.930. The standard InChI is InChI=1S/C20H32N2O2/c1-2-3-4-8-14-24-19-13-9-12-18(15-19)21-16-20(23)22-17-10-6-5-7-11-17/h9,12-13,15,17,21H,2-8,10-11,14,16H2,1H3,(H,22,23). The number of carbonyl (C=O) groups is 1. The second kappa shape index (κ2) is 11.0. The van der Waals surface area contributed by atoms with E-state index >= 15 is 0 Å². The van der Waals surface area contributed by atoms with Crippen molar-refractivity contribution in [2.45, 2.75) is 70.8 Å². The molecule has 4 nitrogen and oxygen atoms in total. The van der Waals surface area contributed by atoms with E-state index < -0.39 is 0 Å². The summed E-state index contributed by atoms with van der Waals surface area (Å²) < 4.78 is 5.78. The lowest BCUT2D eigenvalue weighted by molar-refractivity contribution is -0.120. The molecule has 0 aliphatic heterocycles. The molecule has 0 radical (unpaired) electrons. The number of anilines is 1. The fourth-order valence-corrected chi connectivity index (χ4v) is 3.12. The number of hydrogen-bond donors (Lipinski definition) is 2. The summed E-state index contributed by atoms with van der Waals surface area (Å²) in [6.45, 7) is 3.28. The molecule has 0 heterocycles. The Morgan fingerprint density at radius 3 is 2.79 bits per heavy atom. The van der Waals surface area contributed by atoms with Crippen molar-refractivity contribution in [2.24, 2.45) is 0 Å². The molecular weight excluding hydrogens is 300 g/mol. The zero-order chi connectivity index (χ0) is 17.0. The fourth-order valence-electron chi connectivity index (χ4n) is 3.12. The Morgan fingerprint density at radius 2 is 2.00 bits per heavy atom. The second-order valence-corrected chi connectivity index (χ2v) is 6.69. The first-order valence-corrected chi connectivity index (χ1v) is 9.54. The van der Waals surface area contributed by atoms with Gasteiger partial charge >= 0.3 is 0 Å². The molecule has 0 bridgehead atoms. The average molecular weight is 332 g/mol. The fraction of sp³-hybridized carbons (Fsp3) is 0.650. The zero-order valence-corrected chi connectivity index (χ0v) is 15.0. The Kier molecular flexibility index (Phi) is 8.50. The maximum absolute atomic E-state index is 12.0. The smallest absolute Gasteiger partial charge is 0.239 e. The maximum atomic E-state index is 12.0. The van der Waals surface area contributed by atoms with Crippen LogP contribution in [0.25, 0.3) is 0 Å². The molecule has 1 aromatic rings. The van der Waals surface area contributed by atoms with E-state index in [4.69, 9.17) is 4.74 Å². The van der Waals surface area contributed by atoms with Crippen molar-refractivity contribution in [2.75, 3.05) is 18.5 Å². The highest BCUT2D eigenvalue weighted by Crippen LogP contribution is 2.19. The summed E-state index contributed by atoms with van der Waals surface area (Å²) in [7, 11) is 0. The third kappa shape index (κ3) is 7.24. The SMILES string of the molecule is CCCCCCOc1cccc(NCC(=O)NC2CCCCC2)c1. The van der Waals surface area contributed by atoms with Crippen molar-refractivity contribution >= 4 is 11.6 Å². The summed E-state index contributed by atoms with van der Waals surface area (Å²) in [6, 6.07) is 8.23. The molecule has 4 heteroatoms. The van der Waals surface area contributed by atoms with Crippen molar-refractivity contribution in [1.29, 1.82) is 0 Å². The van der Waals surface area contributed by atoms with E-state index in [-0.39, 0.29) is 5.91 Å². The molecule has 0 spiro atoms. The van der Waals surface area contributed by atoms with Crippen molar-refractivity contribution in [1.82, 2.24) is 5.32 Å². The van der Waals surface area contributed by atoms with E-state index in [1.165, 1.54) is 38.5 Å². The van der Waals surface area contributed by atoms with Crippen LogP contribution in [0.1, 0.15) is 64.7 Å². The van der Waals surface area contributed by atoms with E-state index in [1.54, 1.807) is 0 Å². The minimum absolute atomic E-state index is 0.0767. The Balaban J connectivity index is 1.68. The van der Waals surface area contributed by atoms with Crippen LogP contribution in [0.3, 0.4) is 0 Å². The third-order valence-electron chi connectivity index (χ3n) is 4.52. The number of benzene rings is 1. The number of ether oxygens (including phenoxy) is 1. The lowest BCUT2D eigenvalue weighted by atomic mass is 9.95. The topological polar surface area (TPSA) is 50.4 Å². The number of hydrogen-bond acceptors (Lipinski definition) is 3. The Bertz CT molecular complexity index is 484. The van der Waals surface area contributed by atoms with E-state index in [2.05, 4.69) is 17.6 Å². The van der Waals surface area contributed by atoms with E-state index in [0.29, 0.717) is 12.6 Å². The third-order valence-corrected chi connectivity index (χ3v) is 4.52. The number of unbranched alkanes of at least 4 members (excludes halogenated alkanes) is 3. The molecule has 1 saturated carbocycles. The van der Waals surface area contributed by atoms with Crippen LogP contribution in [-0.2, 0) is 4.79 Å². The molecule has 1 amide bonds. The molecule has 0 saturated heterocycles. The van der Waals surface area contributed by atoms with Gasteiger partial charge in [-0.15, -0.1) is 0 Å². The van der Waals surface area contributed by atoms with E-state index in [9.17, 15) is 4.79 Å². The number of rotatable bonds is 10. The summed E-state index contributed by atoms with van der Waals surface area (Å²) in [6.07, 6.45) is 10.8. The highest BCUT2D eigenvalue weighted by molar-refractivity contribution is 5.81. The first-order valence-electron chi connectivity index (χ1n) is 9.54. The average Bonchev–Trinajstić information content (AvgIpc) is 2.61. The van der Waals surface area contributed by atoms with Gasteiger partial charge in [-0.3, -0.25) is 4.79 Å². The van der Waals surface area contributed by atoms with Crippen LogP contribution in [0, 0.1) is 0 Å². The predicted molar refractivity (Wildman–Crippen MR) is 99.6 cm³/mol. The van der Waals surface area contributed by atoms with Crippen molar-refractivity contribution in [3.05, 3.63) is 24.3 Å². The van der Waals surface area contributed by atoms with Crippen LogP contribution in [0.5, 0.6) is 5.75 Å². The van der Waals surface area contributed by atoms with Crippen LogP contribution >= 0.6 is 0 Å². The monoisotopic (exact) mass is 332 g/mol. The minimum Gasteiger partial charge on any atom is -0.494 e. The van der Waals surface area contributed by atoms with Gasteiger partial charge in [-0.1, -0.05) is 51.5 Å². The van der Waals surface area contributed by atoms with Gasteiger partial charge in [0.25, 0.3) is 0 Å². The van der Waals surface area contributed by atoms with Crippen LogP contribution in [0.15, 0.2) is 24.3 Å². The minimum atomic E-state index is 0.0767. The van der Waals surface area contributed by atoms with Gasteiger partial charge in [0.05, 0.1) is 13.2 Å². The molecule has 1 aromatic carbocycles. The molecule has 0 atom stereocenters.